The molecule has 0 saturated carbocycles. The highest BCUT2D eigenvalue weighted by atomic mass is 127. The van der Waals surface area contributed by atoms with Gasteiger partial charge >= 0.3 is 0 Å². The Morgan fingerprint density at radius 2 is 2.17 bits per heavy atom. The Labute approximate surface area is 160 Å². The summed E-state index contributed by atoms with van der Waals surface area (Å²) in [5, 5.41) is 16.6. The van der Waals surface area contributed by atoms with E-state index in [0.29, 0.717) is 24.7 Å². The van der Waals surface area contributed by atoms with Crippen molar-refractivity contribution < 1.29 is 17.9 Å². The molecule has 1 aromatic heterocycles. The lowest BCUT2D eigenvalue weighted by molar-refractivity contribution is 0.0378. The quantitative estimate of drug-likeness (QED) is 0.337. The van der Waals surface area contributed by atoms with Crippen molar-refractivity contribution >= 4 is 39.8 Å². The number of hydrogen-bond acceptors (Lipinski definition) is 5. The number of aliphatic imine (C=N–C) groups is 1. The highest BCUT2D eigenvalue weighted by molar-refractivity contribution is 14.0. The molecule has 1 aliphatic rings. The maximum atomic E-state index is 11.5. The molecule has 3 N–H and O–H groups in total. The second-order valence-corrected chi connectivity index (χ2v) is 8.49. The molecular formula is C15H26IN3O4S. The monoisotopic (exact) mass is 471 g/mol. The molecule has 0 radical (unpaired) electrons. The van der Waals surface area contributed by atoms with Crippen LogP contribution in [0.15, 0.2) is 21.5 Å². The highest BCUT2D eigenvalue weighted by Crippen LogP contribution is 2.22. The number of furan rings is 1. The van der Waals surface area contributed by atoms with Gasteiger partial charge in [0.15, 0.2) is 15.8 Å². The predicted molar refractivity (Wildman–Crippen MR) is 105 cm³/mol. The van der Waals surface area contributed by atoms with E-state index in [9.17, 15) is 13.5 Å². The summed E-state index contributed by atoms with van der Waals surface area (Å²) >= 11 is 0. The van der Waals surface area contributed by atoms with Crippen LogP contribution in [0.3, 0.4) is 0 Å². The van der Waals surface area contributed by atoms with Gasteiger partial charge in [-0.25, -0.2) is 8.42 Å². The van der Waals surface area contributed by atoms with Gasteiger partial charge in [-0.05, 0) is 38.3 Å². The fraction of sp³-hybridized carbons (Fsp3) is 0.667. The number of nitrogens with one attached hydrogen (secondary N) is 2. The van der Waals surface area contributed by atoms with Crippen molar-refractivity contribution in [1.29, 1.82) is 0 Å². The minimum atomic E-state index is -2.87. The van der Waals surface area contributed by atoms with Crippen LogP contribution in [0.2, 0.25) is 0 Å². The molecule has 2 unspecified atom stereocenters. The first-order valence-corrected chi connectivity index (χ1v) is 9.48. The summed E-state index contributed by atoms with van der Waals surface area (Å²) in [7, 11) is -1.24. The Morgan fingerprint density at radius 1 is 1.46 bits per heavy atom. The third-order valence-electron chi connectivity index (χ3n) is 3.98. The van der Waals surface area contributed by atoms with E-state index in [4.69, 9.17) is 4.42 Å². The van der Waals surface area contributed by atoms with Crippen LogP contribution in [0.5, 0.6) is 0 Å². The third-order valence-corrected chi connectivity index (χ3v) is 5.82. The molecule has 0 aromatic carbocycles. The molecule has 9 heteroatoms. The molecule has 138 valence electrons. The van der Waals surface area contributed by atoms with E-state index in [1.807, 2.05) is 6.92 Å². The predicted octanol–water partition coefficient (Wildman–Crippen LogP) is 1.01. The lowest BCUT2D eigenvalue weighted by Gasteiger charge is -2.23. The SMILES string of the molecule is CN=C(NCC1CCS(=O)(=O)C1)NCC(C)(O)c1ccc(C)o1.I. The first kappa shape index (κ1) is 21.2. The van der Waals surface area contributed by atoms with Gasteiger partial charge in [0.05, 0.1) is 18.1 Å². The lowest BCUT2D eigenvalue weighted by atomic mass is 10.0. The first-order valence-electron chi connectivity index (χ1n) is 7.66. The van der Waals surface area contributed by atoms with Gasteiger partial charge in [-0.15, -0.1) is 24.0 Å². The van der Waals surface area contributed by atoms with E-state index in [-0.39, 0.29) is 47.9 Å². The van der Waals surface area contributed by atoms with E-state index in [1.165, 1.54) is 0 Å². The zero-order chi connectivity index (χ0) is 17.1. The molecule has 1 aliphatic heterocycles. The molecule has 0 bridgehead atoms. The minimum absolute atomic E-state index is 0. The van der Waals surface area contributed by atoms with Crippen molar-refractivity contribution in [2.75, 3.05) is 31.6 Å². The minimum Gasteiger partial charge on any atom is -0.463 e. The lowest BCUT2D eigenvalue weighted by Crippen LogP contribution is -2.45. The molecule has 0 amide bonds. The van der Waals surface area contributed by atoms with E-state index in [2.05, 4.69) is 15.6 Å². The van der Waals surface area contributed by atoms with Gasteiger partial charge in [-0.2, -0.15) is 0 Å². The van der Waals surface area contributed by atoms with Gasteiger partial charge in [-0.1, -0.05) is 0 Å². The number of rotatable bonds is 5. The van der Waals surface area contributed by atoms with Crippen LogP contribution in [0.1, 0.15) is 24.9 Å². The molecule has 0 aliphatic carbocycles. The zero-order valence-corrected chi connectivity index (χ0v) is 17.4. The summed E-state index contributed by atoms with van der Waals surface area (Å²) in [5.41, 5.74) is -1.16. The van der Waals surface area contributed by atoms with Crippen LogP contribution in [0.25, 0.3) is 0 Å². The molecular weight excluding hydrogens is 445 g/mol. The number of guanidine groups is 1. The van der Waals surface area contributed by atoms with Gasteiger partial charge < -0.3 is 20.2 Å². The normalized spacial score (nSPS) is 22.5. The average Bonchev–Trinajstić information content (AvgIpc) is 3.05. The van der Waals surface area contributed by atoms with Gasteiger partial charge in [0.1, 0.15) is 17.1 Å². The van der Waals surface area contributed by atoms with Crippen LogP contribution >= 0.6 is 24.0 Å². The molecule has 24 heavy (non-hydrogen) atoms. The van der Waals surface area contributed by atoms with Crippen molar-refractivity contribution in [3.63, 3.8) is 0 Å². The Bertz CT molecular complexity index is 670. The smallest absolute Gasteiger partial charge is 0.191 e. The summed E-state index contributed by atoms with van der Waals surface area (Å²) in [4.78, 5) is 4.09. The standard InChI is InChI=1S/C15H25N3O4S.HI/c1-11-4-5-13(22-11)15(2,19)10-18-14(16-3)17-8-12-6-7-23(20,21)9-12;/h4-5,12,19H,6-10H2,1-3H3,(H2,16,17,18);1H. The highest BCUT2D eigenvalue weighted by Gasteiger charge is 2.29. The summed E-state index contributed by atoms with van der Waals surface area (Å²) in [6.07, 6.45) is 0.676. The Balaban J connectivity index is 0.00000288. The first-order chi connectivity index (χ1) is 10.7. The molecule has 1 fully saturated rings. The van der Waals surface area contributed by atoms with Gasteiger partial charge in [0.25, 0.3) is 0 Å². The molecule has 0 spiro atoms. The van der Waals surface area contributed by atoms with Crippen molar-refractivity contribution in [1.82, 2.24) is 10.6 Å². The molecule has 1 aromatic rings. The van der Waals surface area contributed by atoms with Crippen LogP contribution in [0.4, 0.5) is 0 Å². The Morgan fingerprint density at radius 3 is 2.67 bits per heavy atom. The van der Waals surface area contributed by atoms with Gasteiger partial charge in [0.2, 0.25) is 0 Å². The van der Waals surface area contributed by atoms with E-state index < -0.39 is 15.4 Å². The maximum Gasteiger partial charge on any atom is 0.191 e. The number of nitrogens with zero attached hydrogens (tertiary/aromatic N) is 1. The second kappa shape index (κ2) is 8.52. The third kappa shape index (κ3) is 5.92. The van der Waals surface area contributed by atoms with Crippen molar-refractivity contribution in [2.45, 2.75) is 25.9 Å². The summed E-state index contributed by atoms with van der Waals surface area (Å²) in [6.45, 7) is 4.25. The van der Waals surface area contributed by atoms with E-state index in [0.717, 1.165) is 5.76 Å². The molecule has 7 nitrogen and oxygen atoms in total. The van der Waals surface area contributed by atoms with Crippen LogP contribution in [-0.2, 0) is 15.4 Å². The number of hydrogen-bond donors (Lipinski definition) is 3. The molecule has 1 saturated heterocycles. The number of sulfone groups is 1. The van der Waals surface area contributed by atoms with Crippen molar-refractivity contribution in [2.24, 2.45) is 10.9 Å². The second-order valence-electron chi connectivity index (χ2n) is 6.26. The summed E-state index contributed by atoms with van der Waals surface area (Å²) < 4.78 is 28.4. The Kier molecular flexibility index (Phi) is 7.54. The summed E-state index contributed by atoms with van der Waals surface area (Å²) in [6, 6.07) is 3.55. The maximum absolute atomic E-state index is 11.5. The van der Waals surface area contributed by atoms with E-state index >= 15 is 0 Å². The van der Waals surface area contributed by atoms with Crippen LogP contribution < -0.4 is 10.6 Å². The van der Waals surface area contributed by atoms with Gasteiger partial charge in [-0.3, -0.25) is 4.99 Å². The van der Waals surface area contributed by atoms with Gasteiger partial charge in [0, 0.05) is 13.6 Å². The fourth-order valence-corrected chi connectivity index (χ4v) is 4.42. The van der Waals surface area contributed by atoms with E-state index in [1.54, 1.807) is 26.1 Å². The number of aryl methyl sites for hydroxylation is 1. The topological polar surface area (TPSA) is 104 Å². The largest absolute Gasteiger partial charge is 0.463 e. The van der Waals surface area contributed by atoms with Crippen LogP contribution in [-0.4, -0.2) is 51.1 Å². The Hall–Kier alpha value is -0.810. The fourth-order valence-electron chi connectivity index (χ4n) is 2.56. The molecule has 2 rings (SSSR count). The van der Waals surface area contributed by atoms with Crippen LogP contribution in [0, 0.1) is 12.8 Å². The molecule has 2 atom stereocenters. The number of aliphatic hydroxyl groups is 1. The summed E-state index contributed by atoms with van der Waals surface area (Å²) in [5.74, 6) is 2.34. The molecule has 2 heterocycles. The van der Waals surface area contributed by atoms with Crippen molar-refractivity contribution in [3.8, 4) is 0 Å². The van der Waals surface area contributed by atoms with Crippen molar-refractivity contribution in [3.05, 3.63) is 23.7 Å². The number of halogens is 1. The zero-order valence-electron chi connectivity index (χ0n) is 14.2. The average molecular weight is 471 g/mol.